The Kier molecular flexibility index (Phi) is 4.69. The number of hydrogen-bond acceptors (Lipinski definition) is 2. The van der Waals surface area contributed by atoms with E-state index in [0.717, 1.165) is 12.8 Å². The van der Waals surface area contributed by atoms with Gasteiger partial charge in [-0.25, -0.2) is 0 Å². The molecule has 1 unspecified atom stereocenters. The molecule has 0 aliphatic heterocycles. The normalized spacial score (nSPS) is 15.0. The summed E-state index contributed by atoms with van der Waals surface area (Å²) in [6.07, 6.45) is 4.47. The van der Waals surface area contributed by atoms with Crippen LogP contribution in [-0.2, 0) is 0 Å². The van der Waals surface area contributed by atoms with Gasteiger partial charge in [-0.15, -0.1) is 0 Å². The molecule has 11 heavy (non-hydrogen) atoms. The Labute approximate surface area is 69.8 Å². The molecule has 2 heteroatoms. The maximum absolute atomic E-state index is 9.46. The first-order valence-electron chi connectivity index (χ1n) is 4.46. The van der Waals surface area contributed by atoms with E-state index < -0.39 is 5.60 Å². The Morgan fingerprint density at radius 2 is 1.91 bits per heavy atom. The number of hydrogen-bond donors (Lipinski definition) is 2. The van der Waals surface area contributed by atoms with Crippen LogP contribution < -0.4 is 5.73 Å². The van der Waals surface area contributed by atoms with Crippen molar-refractivity contribution in [2.75, 3.05) is 0 Å². The van der Waals surface area contributed by atoms with Crippen molar-refractivity contribution in [1.82, 2.24) is 0 Å². The lowest BCUT2D eigenvalue weighted by atomic mass is 9.95. The van der Waals surface area contributed by atoms with Crippen molar-refractivity contribution in [1.29, 1.82) is 0 Å². The van der Waals surface area contributed by atoms with Gasteiger partial charge >= 0.3 is 0 Å². The number of unbranched alkanes of at least 4 members (excludes halogenated alkanes) is 2. The van der Waals surface area contributed by atoms with Gasteiger partial charge in [-0.2, -0.15) is 0 Å². The zero-order valence-electron chi connectivity index (χ0n) is 7.93. The second-order valence-corrected chi connectivity index (χ2v) is 3.76. The first-order valence-corrected chi connectivity index (χ1v) is 4.46. The van der Waals surface area contributed by atoms with Crippen LogP contribution in [0.2, 0.25) is 0 Å². The van der Waals surface area contributed by atoms with Crippen molar-refractivity contribution >= 4 is 0 Å². The molecule has 1 atom stereocenters. The van der Waals surface area contributed by atoms with Crippen LogP contribution in [0.5, 0.6) is 0 Å². The van der Waals surface area contributed by atoms with Gasteiger partial charge < -0.3 is 10.8 Å². The lowest BCUT2D eigenvalue weighted by Crippen LogP contribution is -2.42. The Morgan fingerprint density at radius 3 is 2.27 bits per heavy atom. The van der Waals surface area contributed by atoms with E-state index in [1.54, 1.807) is 13.8 Å². The van der Waals surface area contributed by atoms with Gasteiger partial charge in [0.1, 0.15) is 0 Å². The van der Waals surface area contributed by atoms with Gasteiger partial charge in [0.15, 0.2) is 0 Å². The second-order valence-electron chi connectivity index (χ2n) is 3.76. The van der Waals surface area contributed by atoms with Crippen molar-refractivity contribution in [2.45, 2.75) is 58.1 Å². The highest BCUT2D eigenvalue weighted by Gasteiger charge is 2.21. The van der Waals surface area contributed by atoms with E-state index in [1.165, 1.54) is 12.8 Å². The molecule has 0 aromatic carbocycles. The molecular formula is C9H21NO. The number of rotatable bonds is 5. The Balaban J connectivity index is 3.44. The van der Waals surface area contributed by atoms with Crippen LogP contribution in [0.3, 0.4) is 0 Å². The summed E-state index contributed by atoms with van der Waals surface area (Å²) >= 11 is 0. The van der Waals surface area contributed by atoms with Gasteiger partial charge in [-0.05, 0) is 20.3 Å². The maximum Gasteiger partial charge on any atom is 0.0741 e. The first-order chi connectivity index (χ1) is 4.98. The average Bonchev–Trinajstić information content (AvgIpc) is 1.86. The van der Waals surface area contributed by atoms with Gasteiger partial charge in [0, 0.05) is 6.04 Å². The molecule has 0 radical (unpaired) electrons. The molecule has 0 bridgehead atoms. The number of nitrogens with two attached hydrogens (primary N) is 1. The Bertz CT molecular complexity index is 96.2. The zero-order chi connectivity index (χ0) is 8.91. The SMILES string of the molecule is CCCCCC(N)C(C)(C)O. The molecule has 0 fully saturated rings. The van der Waals surface area contributed by atoms with Crippen LogP contribution in [0, 0.1) is 0 Å². The molecule has 0 amide bonds. The van der Waals surface area contributed by atoms with Crippen molar-refractivity contribution in [2.24, 2.45) is 5.73 Å². The minimum Gasteiger partial charge on any atom is -0.389 e. The van der Waals surface area contributed by atoms with Gasteiger partial charge in [-0.3, -0.25) is 0 Å². The highest BCUT2D eigenvalue weighted by atomic mass is 16.3. The summed E-state index contributed by atoms with van der Waals surface area (Å²) < 4.78 is 0. The van der Waals surface area contributed by atoms with Crippen molar-refractivity contribution in [3.05, 3.63) is 0 Å². The predicted molar refractivity (Wildman–Crippen MR) is 48.4 cm³/mol. The fourth-order valence-corrected chi connectivity index (χ4v) is 0.967. The van der Waals surface area contributed by atoms with Crippen LogP contribution >= 0.6 is 0 Å². The van der Waals surface area contributed by atoms with Gasteiger partial charge in [0.05, 0.1) is 5.60 Å². The lowest BCUT2D eigenvalue weighted by Gasteiger charge is -2.25. The smallest absolute Gasteiger partial charge is 0.0741 e. The van der Waals surface area contributed by atoms with E-state index in [2.05, 4.69) is 6.92 Å². The van der Waals surface area contributed by atoms with Crippen LogP contribution in [0.4, 0.5) is 0 Å². The van der Waals surface area contributed by atoms with E-state index in [9.17, 15) is 5.11 Å². The van der Waals surface area contributed by atoms with Crippen molar-refractivity contribution < 1.29 is 5.11 Å². The van der Waals surface area contributed by atoms with Crippen LogP contribution in [0.25, 0.3) is 0 Å². The quantitative estimate of drug-likeness (QED) is 0.599. The molecule has 0 saturated heterocycles. The fourth-order valence-electron chi connectivity index (χ4n) is 0.967. The summed E-state index contributed by atoms with van der Waals surface area (Å²) in [6, 6.07) is -0.0750. The molecule has 0 aromatic rings. The van der Waals surface area contributed by atoms with Crippen LogP contribution in [0.1, 0.15) is 46.5 Å². The monoisotopic (exact) mass is 159 g/mol. The third kappa shape index (κ3) is 5.22. The predicted octanol–water partition coefficient (Wildman–Crippen LogP) is 1.66. The van der Waals surface area contributed by atoms with E-state index in [-0.39, 0.29) is 6.04 Å². The molecule has 2 nitrogen and oxygen atoms in total. The summed E-state index contributed by atoms with van der Waals surface area (Å²) in [6.45, 7) is 5.70. The average molecular weight is 159 g/mol. The second kappa shape index (κ2) is 4.73. The summed E-state index contributed by atoms with van der Waals surface area (Å²) in [5.41, 5.74) is 5.03. The Hall–Kier alpha value is -0.0800. The molecule has 68 valence electrons. The zero-order valence-corrected chi connectivity index (χ0v) is 7.93. The van der Waals surface area contributed by atoms with E-state index in [1.807, 2.05) is 0 Å². The van der Waals surface area contributed by atoms with E-state index in [0.29, 0.717) is 0 Å². The van der Waals surface area contributed by atoms with Crippen LogP contribution in [0.15, 0.2) is 0 Å². The molecule has 0 aliphatic rings. The largest absolute Gasteiger partial charge is 0.389 e. The van der Waals surface area contributed by atoms with Crippen molar-refractivity contribution in [3.63, 3.8) is 0 Å². The van der Waals surface area contributed by atoms with E-state index in [4.69, 9.17) is 5.73 Å². The Morgan fingerprint density at radius 1 is 1.36 bits per heavy atom. The van der Waals surface area contributed by atoms with Crippen LogP contribution in [-0.4, -0.2) is 16.7 Å². The summed E-state index contributed by atoms with van der Waals surface area (Å²) in [5.74, 6) is 0. The summed E-state index contributed by atoms with van der Waals surface area (Å²) in [7, 11) is 0. The molecule has 0 rings (SSSR count). The molecule has 0 saturated carbocycles. The molecule has 0 aromatic heterocycles. The lowest BCUT2D eigenvalue weighted by molar-refractivity contribution is 0.0482. The molecular weight excluding hydrogens is 138 g/mol. The standard InChI is InChI=1S/C9H21NO/c1-4-5-6-7-8(10)9(2,3)11/h8,11H,4-7,10H2,1-3H3. The molecule has 3 N–H and O–H groups in total. The number of aliphatic hydroxyl groups is 1. The van der Waals surface area contributed by atoms with Crippen molar-refractivity contribution in [3.8, 4) is 0 Å². The molecule has 0 aliphatic carbocycles. The van der Waals surface area contributed by atoms with Gasteiger partial charge in [0.25, 0.3) is 0 Å². The van der Waals surface area contributed by atoms with Gasteiger partial charge in [0.2, 0.25) is 0 Å². The fraction of sp³-hybridized carbons (Fsp3) is 1.00. The van der Waals surface area contributed by atoms with Gasteiger partial charge in [-0.1, -0.05) is 26.2 Å². The highest BCUT2D eigenvalue weighted by molar-refractivity contribution is 4.79. The third-order valence-electron chi connectivity index (χ3n) is 2.03. The topological polar surface area (TPSA) is 46.2 Å². The van der Waals surface area contributed by atoms with E-state index >= 15 is 0 Å². The molecule has 0 spiro atoms. The maximum atomic E-state index is 9.46. The minimum absolute atomic E-state index is 0.0750. The first kappa shape index (κ1) is 10.9. The minimum atomic E-state index is -0.715. The third-order valence-corrected chi connectivity index (χ3v) is 2.03. The summed E-state index contributed by atoms with van der Waals surface area (Å²) in [4.78, 5) is 0. The molecule has 0 heterocycles. The highest BCUT2D eigenvalue weighted by Crippen LogP contribution is 2.12. The summed E-state index contributed by atoms with van der Waals surface area (Å²) in [5, 5.41) is 9.46.